The van der Waals surface area contributed by atoms with Crippen molar-refractivity contribution in [1.29, 1.82) is 0 Å². The van der Waals surface area contributed by atoms with Gasteiger partial charge in [0.2, 0.25) is 5.91 Å². The Bertz CT molecular complexity index is 453. The van der Waals surface area contributed by atoms with E-state index in [4.69, 9.17) is 11.6 Å². The number of benzene rings is 1. The van der Waals surface area contributed by atoms with E-state index in [2.05, 4.69) is 12.2 Å². The van der Waals surface area contributed by atoms with E-state index >= 15 is 0 Å². The van der Waals surface area contributed by atoms with Crippen LogP contribution in [0.15, 0.2) is 30.3 Å². The molecule has 110 valence electrons. The fourth-order valence-corrected chi connectivity index (χ4v) is 3.39. The number of amides is 1. The Morgan fingerprint density at radius 1 is 1.30 bits per heavy atom. The Morgan fingerprint density at radius 3 is 2.40 bits per heavy atom. The van der Waals surface area contributed by atoms with E-state index in [1.165, 1.54) is 0 Å². The normalized spacial score (nSPS) is 20.4. The molecule has 1 atom stereocenters. The quantitative estimate of drug-likeness (QED) is 0.809. The van der Waals surface area contributed by atoms with Crippen molar-refractivity contribution >= 4 is 17.5 Å². The van der Waals surface area contributed by atoms with Gasteiger partial charge in [-0.2, -0.15) is 0 Å². The van der Waals surface area contributed by atoms with Crippen molar-refractivity contribution in [1.82, 2.24) is 5.32 Å². The second-order valence-corrected chi connectivity index (χ2v) is 6.39. The Kier molecular flexibility index (Phi) is 4.74. The molecule has 0 saturated heterocycles. The molecule has 1 saturated carbocycles. The van der Waals surface area contributed by atoms with Gasteiger partial charge in [-0.3, -0.25) is 4.79 Å². The summed E-state index contributed by atoms with van der Waals surface area (Å²) in [6.45, 7) is 4.12. The zero-order chi connectivity index (χ0) is 14.6. The van der Waals surface area contributed by atoms with Gasteiger partial charge in [0.15, 0.2) is 0 Å². The molecular formula is C17H24ClNO. The van der Waals surface area contributed by atoms with Gasteiger partial charge in [-0.25, -0.2) is 0 Å². The molecule has 1 aromatic rings. The number of rotatable bonds is 5. The van der Waals surface area contributed by atoms with Crippen molar-refractivity contribution in [2.24, 2.45) is 5.41 Å². The molecule has 1 unspecified atom stereocenters. The van der Waals surface area contributed by atoms with Crippen molar-refractivity contribution in [3.05, 3.63) is 35.9 Å². The predicted molar refractivity (Wildman–Crippen MR) is 83.8 cm³/mol. The van der Waals surface area contributed by atoms with E-state index in [1.807, 2.05) is 37.3 Å². The highest BCUT2D eigenvalue weighted by Gasteiger charge is 2.42. The van der Waals surface area contributed by atoms with E-state index in [9.17, 15) is 4.79 Å². The first-order chi connectivity index (χ1) is 9.56. The van der Waals surface area contributed by atoms with Crippen molar-refractivity contribution in [3.8, 4) is 0 Å². The molecular weight excluding hydrogens is 270 g/mol. The molecule has 3 heteroatoms. The third kappa shape index (κ3) is 2.85. The third-order valence-electron chi connectivity index (χ3n) is 4.79. The van der Waals surface area contributed by atoms with Crippen molar-refractivity contribution in [2.75, 3.05) is 5.88 Å². The lowest BCUT2D eigenvalue weighted by Gasteiger charge is -2.35. The Morgan fingerprint density at radius 2 is 1.90 bits per heavy atom. The summed E-state index contributed by atoms with van der Waals surface area (Å²) in [5.41, 5.74) is 0.389. The van der Waals surface area contributed by atoms with Gasteiger partial charge in [0.1, 0.15) is 0 Å². The lowest BCUT2D eigenvalue weighted by Crippen LogP contribution is -2.50. The molecule has 1 fully saturated rings. The van der Waals surface area contributed by atoms with Gasteiger partial charge in [-0.05, 0) is 31.7 Å². The maximum Gasteiger partial charge on any atom is 0.226 e. The summed E-state index contributed by atoms with van der Waals surface area (Å²) in [4.78, 5) is 12.8. The molecule has 0 aliphatic heterocycles. The smallest absolute Gasteiger partial charge is 0.226 e. The summed E-state index contributed by atoms with van der Waals surface area (Å²) >= 11 is 6.17. The van der Waals surface area contributed by atoms with Crippen molar-refractivity contribution in [3.63, 3.8) is 0 Å². The first-order valence-corrected chi connectivity index (χ1v) is 8.04. The predicted octanol–water partition coefficient (Wildman–Crippen LogP) is 4.23. The summed E-state index contributed by atoms with van der Waals surface area (Å²) in [7, 11) is 0. The van der Waals surface area contributed by atoms with Gasteiger partial charge in [0, 0.05) is 11.3 Å². The lowest BCUT2D eigenvalue weighted by molar-refractivity contribution is -0.132. The summed E-state index contributed by atoms with van der Waals surface area (Å²) < 4.78 is 0. The Balaban J connectivity index is 2.20. The molecule has 20 heavy (non-hydrogen) atoms. The molecule has 1 amide bonds. The van der Waals surface area contributed by atoms with Crippen LogP contribution in [-0.4, -0.2) is 11.8 Å². The molecule has 0 radical (unpaired) electrons. The number of carbonyl (C=O) groups excluding carboxylic acids is 1. The van der Waals surface area contributed by atoms with Crippen LogP contribution in [0.4, 0.5) is 0 Å². The topological polar surface area (TPSA) is 29.1 Å². The molecule has 2 nitrogen and oxygen atoms in total. The first kappa shape index (κ1) is 15.4. The van der Waals surface area contributed by atoms with Crippen molar-refractivity contribution < 1.29 is 4.79 Å². The summed E-state index contributed by atoms with van der Waals surface area (Å²) in [5, 5.41) is 3.22. The van der Waals surface area contributed by atoms with Gasteiger partial charge >= 0.3 is 0 Å². The average Bonchev–Trinajstić information content (AvgIpc) is 2.98. The van der Waals surface area contributed by atoms with Crippen LogP contribution < -0.4 is 5.32 Å². The van der Waals surface area contributed by atoms with Crippen LogP contribution >= 0.6 is 11.6 Å². The highest BCUT2D eigenvalue weighted by Crippen LogP contribution is 2.42. The van der Waals surface area contributed by atoms with E-state index in [0.717, 1.165) is 37.7 Å². The average molecular weight is 294 g/mol. The SMILES string of the molecule is CCC1(C(=O)NC(C)(CCl)c2ccccc2)CCCC1. The minimum Gasteiger partial charge on any atom is -0.345 e. The van der Waals surface area contributed by atoms with E-state index in [0.29, 0.717) is 5.88 Å². The number of hydrogen-bond acceptors (Lipinski definition) is 1. The number of alkyl halides is 1. The summed E-state index contributed by atoms with van der Waals surface area (Å²) in [6.07, 6.45) is 5.23. The second-order valence-electron chi connectivity index (χ2n) is 6.13. The number of nitrogens with one attached hydrogen (secondary N) is 1. The Labute approximate surface area is 126 Å². The molecule has 0 spiro atoms. The van der Waals surface area contributed by atoms with Gasteiger partial charge in [0.05, 0.1) is 5.54 Å². The van der Waals surface area contributed by atoms with Gasteiger partial charge in [-0.15, -0.1) is 11.6 Å². The number of carbonyl (C=O) groups is 1. The van der Waals surface area contributed by atoms with Crippen LogP contribution in [0.1, 0.15) is 51.5 Å². The Hall–Kier alpha value is -1.02. The van der Waals surface area contributed by atoms with E-state index in [-0.39, 0.29) is 11.3 Å². The first-order valence-electron chi connectivity index (χ1n) is 7.50. The van der Waals surface area contributed by atoms with Gasteiger partial charge in [-0.1, -0.05) is 50.1 Å². The molecule has 1 N–H and O–H groups in total. The minimum absolute atomic E-state index is 0.171. The summed E-state index contributed by atoms with van der Waals surface area (Å²) in [6, 6.07) is 9.99. The molecule has 1 aromatic carbocycles. The van der Waals surface area contributed by atoms with Crippen LogP contribution in [0.5, 0.6) is 0 Å². The van der Waals surface area contributed by atoms with Gasteiger partial charge < -0.3 is 5.32 Å². The maximum atomic E-state index is 12.8. The standard InChI is InChI=1S/C17H24ClNO/c1-3-17(11-7-8-12-17)15(20)19-16(2,13-18)14-9-5-4-6-10-14/h4-6,9-10H,3,7-8,11-13H2,1-2H3,(H,19,20). The van der Waals surface area contributed by atoms with Crippen LogP contribution in [-0.2, 0) is 10.3 Å². The molecule has 1 aliphatic carbocycles. The highest BCUT2D eigenvalue weighted by atomic mass is 35.5. The molecule has 0 aromatic heterocycles. The van der Waals surface area contributed by atoms with Crippen molar-refractivity contribution in [2.45, 2.75) is 51.5 Å². The zero-order valence-corrected chi connectivity index (χ0v) is 13.2. The number of hydrogen-bond donors (Lipinski definition) is 1. The van der Waals surface area contributed by atoms with Crippen LogP contribution in [0.3, 0.4) is 0 Å². The van der Waals surface area contributed by atoms with Gasteiger partial charge in [0.25, 0.3) is 0 Å². The van der Waals surface area contributed by atoms with Crippen LogP contribution in [0.25, 0.3) is 0 Å². The van der Waals surface area contributed by atoms with Crippen LogP contribution in [0, 0.1) is 5.41 Å². The second kappa shape index (κ2) is 6.17. The lowest BCUT2D eigenvalue weighted by atomic mass is 9.81. The zero-order valence-electron chi connectivity index (χ0n) is 12.4. The monoisotopic (exact) mass is 293 g/mol. The van der Waals surface area contributed by atoms with Crippen LogP contribution in [0.2, 0.25) is 0 Å². The fourth-order valence-electron chi connectivity index (χ4n) is 3.16. The highest BCUT2D eigenvalue weighted by molar-refractivity contribution is 6.18. The maximum absolute atomic E-state index is 12.8. The van der Waals surface area contributed by atoms with E-state index in [1.54, 1.807) is 0 Å². The molecule has 2 rings (SSSR count). The third-order valence-corrected chi connectivity index (χ3v) is 5.32. The minimum atomic E-state index is -0.495. The summed E-state index contributed by atoms with van der Waals surface area (Å²) in [5.74, 6) is 0.548. The fraction of sp³-hybridized carbons (Fsp3) is 0.588. The largest absolute Gasteiger partial charge is 0.345 e. The number of halogens is 1. The van der Waals surface area contributed by atoms with E-state index < -0.39 is 5.54 Å². The molecule has 0 bridgehead atoms. The molecule has 1 aliphatic rings. The molecule has 0 heterocycles.